The van der Waals surface area contributed by atoms with Gasteiger partial charge >= 0.3 is 5.97 Å². The van der Waals surface area contributed by atoms with Gasteiger partial charge in [0.25, 0.3) is 11.1 Å². The first-order valence-corrected chi connectivity index (χ1v) is 25.4. The smallest absolute Gasteiger partial charge is 0.342 e. The van der Waals surface area contributed by atoms with E-state index in [9.17, 15) is 46.3 Å². The minimum absolute atomic E-state index is 0. The predicted octanol–water partition coefficient (Wildman–Crippen LogP) is 7.35. The number of carbonyl (C=O) groups is 4. The van der Waals surface area contributed by atoms with E-state index >= 15 is 0 Å². The van der Waals surface area contributed by atoms with Gasteiger partial charge in [-0.25, -0.2) is 32.3 Å². The number of Topliss-reactive ketones (excluding diaryl/α,β-unsaturated/α-hetero) is 1. The Labute approximate surface area is 473 Å². The Hall–Kier alpha value is -9.52. The normalized spacial score (nSPS) is 12.3. The van der Waals surface area contributed by atoms with E-state index < -0.39 is 51.7 Å². The van der Waals surface area contributed by atoms with Crippen LogP contribution in [0, 0.1) is 23.3 Å². The molecule has 20 nitrogen and oxygen atoms in total. The molecule has 25 heteroatoms. The quantitative estimate of drug-likeness (QED) is 0.0461. The van der Waals surface area contributed by atoms with Crippen molar-refractivity contribution in [2.75, 3.05) is 6.54 Å². The first-order valence-electron chi connectivity index (χ1n) is 25.4. The number of benzene rings is 4. The number of halogens is 4. The molecule has 0 saturated heterocycles. The van der Waals surface area contributed by atoms with Crippen LogP contribution in [-0.4, -0.2) is 94.5 Å². The molecular formula is C57H49F4N13O7V. The summed E-state index contributed by atoms with van der Waals surface area (Å²) < 4.78 is 54.7. The fourth-order valence-corrected chi connectivity index (χ4v) is 9.59. The standard InChI is InChI=1S/C29H24F2N6O3.C16H17N5O.C12H8F2N2O3.V/c30-21-9-8-17(10-22(21)31)13-37-16-32-12-19(29(37)40)26(38)6-3-7-27(39)36-14-20-25(15-36)34-35-28(20)24-11-18-4-1-2-5-23(18)33-24;17-6-5-15(22)21-8-11-14(9-21)19-20-16(11)13-7-10-3-1-2-4-12(10)18-13;13-9-2-1-7(3-10(9)14)5-16-6-15-4-8(11(16)17)12(18)19;/h1-2,4-5,8-12,16,33H,3,6-7,13-15H2,(H,34,35);1-4,7,18H,5-6,8-9,17H2,(H,19,20);1-4,6H,5H2,(H,18,19);. The van der Waals surface area contributed by atoms with Crippen molar-refractivity contribution >= 4 is 45.4 Å². The molecule has 0 saturated carbocycles. The summed E-state index contributed by atoms with van der Waals surface area (Å²) in [6, 6.07) is 26.7. The van der Waals surface area contributed by atoms with Crippen LogP contribution in [0.15, 0.2) is 132 Å². The second kappa shape index (κ2) is 24.9. The Bertz CT molecular complexity index is 4100. The van der Waals surface area contributed by atoms with Crippen molar-refractivity contribution in [3.8, 4) is 22.8 Å². The van der Waals surface area contributed by atoms with E-state index in [4.69, 9.17) is 10.8 Å². The molecule has 2 aliphatic heterocycles. The van der Waals surface area contributed by atoms with Crippen LogP contribution in [0.5, 0.6) is 0 Å². The van der Waals surface area contributed by atoms with Gasteiger partial charge < -0.3 is 30.6 Å². The van der Waals surface area contributed by atoms with Gasteiger partial charge in [0.1, 0.15) is 22.5 Å². The van der Waals surface area contributed by atoms with Gasteiger partial charge in [0.2, 0.25) is 11.8 Å². The zero-order chi connectivity index (χ0) is 56.9. The number of carbonyl (C=O) groups excluding carboxylic acids is 3. The minimum Gasteiger partial charge on any atom is -0.477 e. The van der Waals surface area contributed by atoms with Crippen molar-refractivity contribution in [1.82, 2.24) is 59.3 Å². The Morgan fingerprint density at radius 3 is 1.50 bits per heavy atom. The number of carboxylic acid groups (broad SMARTS) is 1. The topological polar surface area (TPSA) is 280 Å². The largest absolute Gasteiger partial charge is 0.477 e. The third-order valence-corrected chi connectivity index (χ3v) is 13.7. The van der Waals surface area contributed by atoms with Crippen LogP contribution in [0.1, 0.15) is 80.0 Å². The van der Waals surface area contributed by atoms with Crippen LogP contribution in [0.3, 0.4) is 0 Å². The summed E-state index contributed by atoms with van der Waals surface area (Å²) in [5.41, 5.74) is 13.8. The van der Waals surface area contributed by atoms with E-state index in [1.807, 2.05) is 53.4 Å². The molecule has 417 valence electrons. The zero-order valence-corrected chi connectivity index (χ0v) is 44.7. The van der Waals surface area contributed by atoms with Crippen LogP contribution >= 0.6 is 0 Å². The minimum atomic E-state index is -1.39. The third-order valence-electron chi connectivity index (χ3n) is 13.7. The van der Waals surface area contributed by atoms with Crippen molar-refractivity contribution in [2.24, 2.45) is 5.73 Å². The molecule has 0 unspecified atom stereocenters. The van der Waals surface area contributed by atoms with Gasteiger partial charge in [-0.05, 0) is 66.1 Å². The molecule has 0 fully saturated rings. The fraction of sp³-hybridized carbons (Fsp3) is 0.193. The molecule has 6 aromatic heterocycles. The van der Waals surface area contributed by atoms with Gasteiger partial charge in [0.05, 0.1) is 74.7 Å². The van der Waals surface area contributed by atoms with E-state index in [0.29, 0.717) is 50.3 Å². The molecule has 82 heavy (non-hydrogen) atoms. The van der Waals surface area contributed by atoms with Crippen molar-refractivity contribution in [2.45, 2.75) is 65.0 Å². The zero-order valence-electron chi connectivity index (χ0n) is 43.3. The number of amides is 2. The maximum atomic E-state index is 13.5. The van der Waals surface area contributed by atoms with Gasteiger partial charge in [-0.2, -0.15) is 10.2 Å². The number of rotatable bonds is 14. The van der Waals surface area contributed by atoms with Gasteiger partial charge in [-0.1, -0.05) is 48.5 Å². The molecule has 2 amide bonds. The second-order valence-electron chi connectivity index (χ2n) is 19.2. The number of carboxylic acids is 1. The van der Waals surface area contributed by atoms with E-state index in [1.165, 1.54) is 29.2 Å². The number of H-pyrrole nitrogens is 4. The molecule has 4 aromatic carbocycles. The average molecular weight is 1160 g/mol. The number of nitrogens with two attached hydrogens (primary N) is 1. The molecule has 2 aliphatic rings. The molecule has 0 aliphatic carbocycles. The number of aromatic nitrogens is 10. The maximum absolute atomic E-state index is 13.5. The molecular weight excluding hydrogens is 1110 g/mol. The Morgan fingerprint density at radius 2 is 1.04 bits per heavy atom. The SMILES string of the molecule is NCCC(=O)N1Cc2[nH]nc(-c3cc4ccccc4[nH]3)c2C1.O=C(CCCC(=O)N1Cc2[nH]nc(-c3cc4ccccc4[nH]3)c2C1)c1cncn(Cc2ccc(F)c(F)c2)c1=O.O=C(O)c1cncn(Cc2ccc(F)c(F)c2)c1=O.[V]. The molecule has 8 heterocycles. The van der Waals surface area contributed by atoms with Gasteiger partial charge in [-0.3, -0.25) is 43.3 Å². The van der Waals surface area contributed by atoms with Crippen LogP contribution in [0.25, 0.3) is 44.6 Å². The number of hydrogen-bond acceptors (Lipinski definition) is 11. The summed E-state index contributed by atoms with van der Waals surface area (Å²) in [6.45, 7) is 2.23. The van der Waals surface area contributed by atoms with E-state index in [-0.39, 0.29) is 68.3 Å². The van der Waals surface area contributed by atoms with Gasteiger partial charge in [0.15, 0.2) is 29.1 Å². The number of nitrogens with one attached hydrogen (secondary N) is 4. The third kappa shape index (κ3) is 12.4. The van der Waals surface area contributed by atoms with Crippen molar-refractivity contribution < 1.29 is 60.4 Å². The summed E-state index contributed by atoms with van der Waals surface area (Å²) in [4.78, 5) is 90.9. The van der Waals surface area contributed by atoms with E-state index in [0.717, 1.165) is 108 Å². The van der Waals surface area contributed by atoms with E-state index in [2.05, 4.69) is 52.5 Å². The second-order valence-corrected chi connectivity index (χ2v) is 19.2. The number of aromatic carboxylic acids is 1. The number of aromatic amines is 4. The maximum Gasteiger partial charge on any atom is 0.342 e. The van der Waals surface area contributed by atoms with E-state index in [1.54, 1.807) is 4.90 Å². The molecule has 0 spiro atoms. The van der Waals surface area contributed by atoms with Crippen molar-refractivity contribution in [3.63, 3.8) is 0 Å². The van der Waals surface area contributed by atoms with Crippen molar-refractivity contribution in [1.29, 1.82) is 0 Å². The molecule has 7 N–H and O–H groups in total. The Morgan fingerprint density at radius 1 is 0.573 bits per heavy atom. The molecule has 0 bridgehead atoms. The number of hydrogen-bond donors (Lipinski definition) is 6. The number of fused-ring (bicyclic) bond motifs is 4. The summed E-state index contributed by atoms with van der Waals surface area (Å²) >= 11 is 0. The first-order chi connectivity index (χ1) is 39.1. The van der Waals surface area contributed by atoms with Crippen LogP contribution < -0.4 is 16.9 Å². The van der Waals surface area contributed by atoms with Crippen LogP contribution in [-0.2, 0) is 67.4 Å². The average Bonchev–Trinajstić information content (AvgIpc) is 4.11. The summed E-state index contributed by atoms with van der Waals surface area (Å²) in [7, 11) is 0. The summed E-state index contributed by atoms with van der Waals surface area (Å²) in [5.74, 6) is -5.86. The molecule has 0 atom stereocenters. The molecule has 1 radical (unpaired) electrons. The predicted molar refractivity (Wildman–Crippen MR) is 287 cm³/mol. The number of para-hydroxylation sites is 2. The Kier molecular flexibility index (Phi) is 17.3. The number of nitrogens with zero attached hydrogens (tertiary/aromatic N) is 8. The van der Waals surface area contributed by atoms with Gasteiger partial charge in [-0.15, -0.1) is 0 Å². The molecule has 10 aromatic rings. The Balaban J connectivity index is 0.000000162. The summed E-state index contributed by atoms with van der Waals surface area (Å²) in [6.07, 6.45) is 5.31. The summed E-state index contributed by atoms with van der Waals surface area (Å²) in [5, 5.41) is 26.0. The van der Waals surface area contributed by atoms with Gasteiger partial charge in [0, 0.05) is 89.7 Å². The first kappa shape index (κ1) is 57.2. The van der Waals surface area contributed by atoms with Crippen molar-refractivity contribution in [3.05, 3.63) is 211 Å². The fourth-order valence-electron chi connectivity index (χ4n) is 9.59. The molecule has 12 rings (SSSR count). The number of ketones is 1. The monoisotopic (exact) mass is 1150 g/mol. The van der Waals surface area contributed by atoms with Crippen LogP contribution in [0.4, 0.5) is 17.6 Å². The van der Waals surface area contributed by atoms with Crippen LogP contribution in [0.2, 0.25) is 0 Å².